The van der Waals surface area contributed by atoms with Crippen LogP contribution in [0.15, 0.2) is 47.8 Å². The Kier molecular flexibility index (Phi) is 4.12. The van der Waals surface area contributed by atoms with E-state index in [0.29, 0.717) is 0 Å². The van der Waals surface area contributed by atoms with Crippen LogP contribution >= 0.6 is 11.3 Å². The van der Waals surface area contributed by atoms with Crippen LogP contribution in [-0.4, -0.2) is 5.91 Å². The van der Waals surface area contributed by atoms with Gasteiger partial charge in [0, 0.05) is 4.88 Å². The molecule has 1 aromatic heterocycles. The third kappa shape index (κ3) is 2.97. The van der Waals surface area contributed by atoms with Crippen molar-refractivity contribution in [1.82, 2.24) is 5.32 Å². The second kappa shape index (κ2) is 5.80. The van der Waals surface area contributed by atoms with Crippen molar-refractivity contribution in [3.05, 3.63) is 58.3 Å². The van der Waals surface area contributed by atoms with Gasteiger partial charge in [-0.05, 0) is 23.9 Å². The molecule has 0 aliphatic rings. The first kappa shape index (κ1) is 12.8. The zero-order valence-electron chi connectivity index (χ0n) is 10.2. The molecule has 2 aromatic rings. The molecule has 0 aliphatic heterocycles. The van der Waals surface area contributed by atoms with Crippen molar-refractivity contribution in [1.29, 1.82) is 0 Å². The number of benzene rings is 1. The van der Waals surface area contributed by atoms with Crippen molar-refractivity contribution < 1.29 is 4.79 Å². The van der Waals surface area contributed by atoms with Gasteiger partial charge in [0.25, 0.3) is 0 Å². The molecule has 0 radical (unpaired) electrons. The van der Waals surface area contributed by atoms with Gasteiger partial charge < -0.3 is 11.1 Å². The molecule has 0 bridgehead atoms. The third-order valence-corrected chi connectivity index (χ3v) is 3.82. The smallest absolute Gasteiger partial charge is 0.242 e. The molecule has 0 aliphatic carbocycles. The van der Waals surface area contributed by atoms with Crippen molar-refractivity contribution in [2.75, 3.05) is 0 Å². The van der Waals surface area contributed by atoms with E-state index in [4.69, 9.17) is 5.73 Å². The molecule has 4 heteroatoms. The molecular weight excluding hydrogens is 244 g/mol. The van der Waals surface area contributed by atoms with Gasteiger partial charge >= 0.3 is 0 Å². The standard InChI is InChI=1S/C14H16N2OS/c1-10(12-8-5-9-18-12)16-14(17)13(15)11-6-3-2-4-7-11/h2-10,13H,15H2,1H3,(H,16,17)/t10-,13-/m1/s1. The molecule has 1 aromatic carbocycles. The Morgan fingerprint density at radius 2 is 1.94 bits per heavy atom. The summed E-state index contributed by atoms with van der Waals surface area (Å²) in [6.45, 7) is 1.96. The maximum Gasteiger partial charge on any atom is 0.242 e. The predicted molar refractivity (Wildman–Crippen MR) is 74.2 cm³/mol. The molecule has 2 rings (SSSR count). The number of nitrogens with two attached hydrogens (primary N) is 1. The molecule has 1 heterocycles. The Morgan fingerprint density at radius 1 is 1.22 bits per heavy atom. The van der Waals surface area contributed by atoms with Crippen LogP contribution in [0, 0.1) is 0 Å². The van der Waals surface area contributed by atoms with Crippen molar-refractivity contribution in [3.63, 3.8) is 0 Å². The van der Waals surface area contributed by atoms with Gasteiger partial charge in [0.2, 0.25) is 5.91 Å². The molecule has 2 atom stereocenters. The van der Waals surface area contributed by atoms with Crippen molar-refractivity contribution >= 4 is 17.2 Å². The van der Waals surface area contributed by atoms with E-state index in [1.165, 1.54) is 0 Å². The third-order valence-electron chi connectivity index (χ3n) is 2.77. The van der Waals surface area contributed by atoms with Crippen LogP contribution in [0.2, 0.25) is 0 Å². The highest BCUT2D eigenvalue weighted by Crippen LogP contribution is 2.19. The molecular formula is C14H16N2OS. The lowest BCUT2D eigenvalue weighted by Gasteiger charge is -2.16. The minimum Gasteiger partial charge on any atom is -0.347 e. The van der Waals surface area contributed by atoms with Crippen LogP contribution in [-0.2, 0) is 4.79 Å². The summed E-state index contributed by atoms with van der Waals surface area (Å²) < 4.78 is 0. The molecule has 0 saturated heterocycles. The zero-order valence-corrected chi connectivity index (χ0v) is 11.0. The number of hydrogen-bond donors (Lipinski definition) is 2. The van der Waals surface area contributed by atoms with E-state index >= 15 is 0 Å². The number of carbonyl (C=O) groups excluding carboxylic acids is 1. The van der Waals surface area contributed by atoms with Gasteiger partial charge in [-0.15, -0.1) is 11.3 Å². The van der Waals surface area contributed by atoms with Crippen molar-refractivity contribution in [2.24, 2.45) is 5.73 Å². The lowest BCUT2D eigenvalue weighted by Crippen LogP contribution is -2.35. The summed E-state index contributed by atoms with van der Waals surface area (Å²) >= 11 is 1.62. The number of carbonyl (C=O) groups is 1. The van der Waals surface area contributed by atoms with E-state index in [1.807, 2.05) is 54.8 Å². The normalized spacial score (nSPS) is 13.9. The van der Waals surface area contributed by atoms with E-state index in [9.17, 15) is 4.79 Å². The number of rotatable bonds is 4. The highest BCUT2D eigenvalue weighted by molar-refractivity contribution is 7.10. The Hall–Kier alpha value is -1.65. The van der Waals surface area contributed by atoms with Gasteiger partial charge in [0.05, 0.1) is 6.04 Å². The second-order valence-corrected chi connectivity index (χ2v) is 5.11. The number of nitrogens with one attached hydrogen (secondary N) is 1. The summed E-state index contributed by atoms with van der Waals surface area (Å²) in [4.78, 5) is 13.1. The highest BCUT2D eigenvalue weighted by Gasteiger charge is 2.18. The van der Waals surface area contributed by atoms with Crippen LogP contribution in [0.5, 0.6) is 0 Å². The summed E-state index contributed by atoms with van der Waals surface area (Å²) in [5.41, 5.74) is 6.76. The molecule has 94 valence electrons. The Morgan fingerprint density at radius 3 is 2.56 bits per heavy atom. The topological polar surface area (TPSA) is 55.1 Å². The van der Waals surface area contributed by atoms with Gasteiger partial charge in [-0.3, -0.25) is 4.79 Å². The summed E-state index contributed by atoms with van der Waals surface area (Å²) in [5, 5.41) is 4.92. The number of hydrogen-bond acceptors (Lipinski definition) is 3. The molecule has 3 N–H and O–H groups in total. The average Bonchev–Trinajstić information content (AvgIpc) is 2.92. The summed E-state index contributed by atoms with van der Waals surface area (Å²) in [7, 11) is 0. The Labute approximate surface area is 111 Å². The van der Waals surface area contributed by atoms with E-state index in [0.717, 1.165) is 10.4 Å². The maximum absolute atomic E-state index is 12.0. The van der Waals surface area contributed by atoms with Crippen LogP contribution in [0.4, 0.5) is 0 Å². The highest BCUT2D eigenvalue weighted by atomic mass is 32.1. The summed E-state index contributed by atoms with van der Waals surface area (Å²) in [6.07, 6.45) is 0. The fraction of sp³-hybridized carbons (Fsp3) is 0.214. The van der Waals surface area contributed by atoms with Crippen LogP contribution in [0.3, 0.4) is 0 Å². The first-order valence-corrected chi connectivity index (χ1v) is 6.71. The second-order valence-electron chi connectivity index (χ2n) is 4.13. The van der Waals surface area contributed by atoms with Gasteiger partial charge in [0.1, 0.15) is 6.04 Å². The van der Waals surface area contributed by atoms with E-state index in [2.05, 4.69) is 5.32 Å². The maximum atomic E-state index is 12.0. The van der Waals surface area contributed by atoms with Gasteiger partial charge in [-0.25, -0.2) is 0 Å². The van der Waals surface area contributed by atoms with E-state index < -0.39 is 6.04 Å². The first-order valence-electron chi connectivity index (χ1n) is 5.83. The Bertz CT molecular complexity index is 496. The van der Waals surface area contributed by atoms with Crippen molar-refractivity contribution in [3.8, 4) is 0 Å². The molecule has 0 unspecified atom stereocenters. The fourth-order valence-corrected chi connectivity index (χ4v) is 2.46. The molecule has 18 heavy (non-hydrogen) atoms. The molecule has 0 fully saturated rings. The number of thiophene rings is 1. The fourth-order valence-electron chi connectivity index (χ4n) is 1.72. The minimum absolute atomic E-state index is 0.00716. The lowest BCUT2D eigenvalue weighted by molar-refractivity contribution is -0.123. The SMILES string of the molecule is C[C@@H](NC(=O)[C@H](N)c1ccccc1)c1cccs1. The zero-order chi connectivity index (χ0) is 13.0. The van der Waals surface area contributed by atoms with Gasteiger partial charge in [0.15, 0.2) is 0 Å². The van der Waals surface area contributed by atoms with Crippen LogP contribution in [0.25, 0.3) is 0 Å². The average molecular weight is 260 g/mol. The number of amides is 1. The molecule has 3 nitrogen and oxygen atoms in total. The molecule has 0 saturated carbocycles. The monoisotopic (exact) mass is 260 g/mol. The first-order chi connectivity index (χ1) is 8.68. The predicted octanol–water partition coefficient (Wildman–Crippen LogP) is 2.63. The van der Waals surface area contributed by atoms with Gasteiger partial charge in [-0.2, -0.15) is 0 Å². The summed E-state index contributed by atoms with van der Waals surface area (Å²) in [5.74, 6) is -0.151. The lowest BCUT2D eigenvalue weighted by atomic mass is 10.1. The molecule has 0 spiro atoms. The Balaban J connectivity index is 2.00. The van der Waals surface area contributed by atoms with Crippen LogP contribution in [0.1, 0.15) is 29.4 Å². The largest absolute Gasteiger partial charge is 0.347 e. The van der Waals surface area contributed by atoms with E-state index in [-0.39, 0.29) is 11.9 Å². The van der Waals surface area contributed by atoms with Gasteiger partial charge in [-0.1, -0.05) is 36.4 Å². The van der Waals surface area contributed by atoms with Crippen molar-refractivity contribution in [2.45, 2.75) is 19.0 Å². The van der Waals surface area contributed by atoms with E-state index in [1.54, 1.807) is 11.3 Å². The minimum atomic E-state index is -0.617. The van der Waals surface area contributed by atoms with Crippen LogP contribution < -0.4 is 11.1 Å². The molecule has 1 amide bonds. The quantitative estimate of drug-likeness (QED) is 0.888. The summed E-state index contributed by atoms with van der Waals surface area (Å²) in [6, 6.07) is 12.7.